The van der Waals surface area contributed by atoms with Gasteiger partial charge in [-0.2, -0.15) is 13.2 Å². The SMILES string of the molecule is COC1(C(F)(F)F)C(=O)N(C)c2cc3c(=O)[nH]c(C)nc3cc21. The number of hydrogen-bond donors (Lipinski definition) is 1. The van der Waals surface area contributed by atoms with Crippen LogP contribution in [0.15, 0.2) is 16.9 Å². The molecular formula is C14H12F3N3O3. The number of carbonyl (C=O) groups is 1. The lowest BCUT2D eigenvalue weighted by Gasteiger charge is -2.28. The zero-order valence-electron chi connectivity index (χ0n) is 12.4. The second kappa shape index (κ2) is 4.54. The number of amides is 1. The highest BCUT2D eigenvalue weighted by Crippen LogP contribution is 2.51. The fourth-order valence-corrected chi connectivity index (χ4v) is 2.90. The molecule has 6 nitrogen and oxygen atoms in total. The lowest BCUT2D eigenvalue weighted by atomic mass is 9.93. The number of nitrogens with zero attached hydrogens (tertiary/aromatic N) is 2. The summed E-state index contributed by atoms with van der Waals surface area (Å²) in [5, 5.41) is 0.100. The Kier molecular flexibility index (Phi) is 3.06. The van der Waals surface area contributed by atoms with Crippen molar-refractivity contribution >= 4 is 22.5 Å². The molecule has 0 saturated carbocycles. The van der Waals surface area contributed by atoms with E-state index in [1.54, 1.807) is 0 Å². The highest BCUT2D eigenvalue weighted by Gasteiger charge is 2.67. The van der Waals surface area contributed by atoms with Gasteiger partial charge in [0.15, 0.2) is 0 Å². The molecule has 0 aliphatic carbocycles. The number of hydrogen-bond acceptors (Lipinski definition) is 4. The topological polar surface area (TPSA) is 75.3 Å². The van der Waals surface area contributed by atoms with Crippen molar-refractivity contribution in [3.63, 3.8) is 0 Å². The van der Waals surface area contributed by atoms with Crippen molar-refractivity contribution in [1.82, 2.24) is 9.97 Å². The van der Waals surface area contributed by atoms with E-state index in [1.165, 1.54) is 20.0 Å². The van der Waals surface area contributed by atoms with Crippen LogP contribution in [-0.2, 0) is 15.1 Å². The number of halogens is 3. The molecule has 23 heavy (non-hydrogen) atoms. The van der Waals surface area contributed by atoms with Crippen molar-refractivity contribution < 1.29 is 22.7 Å². The fraction of sp³-hybridized carbons (Fsp3) is 0.357. The van der Waals surface area contributed by atoms with Crippen LogP contribution in [0.4, 0.5) is 18.9 Å². The second-order valence-corrected chi connectivity index (χ2v) is 5.29. The van der Waals surface area contributed by atoms with Gasteiger partial charge in [0.1, 0.15) is 5.82 Å². The molecule has 0 radical (unpaired) electrons. The first-order chi connectivity index (χ1) is 10.6. The zero-order valence-corrected chi connectivity index (χ0v) is 12.4. The van der Waals surface area contributed by atoms with E-state index in [-0.39, 0.29) is 28.0 Å². The minimum absolute atomic E-state index is 0.0298. The number of carbonyl (C=O) groups excluding carboxylic acids is 1. The van der Waals surface area contributed by atoms with Crippen LogP contribution in [-0.4, -0.2) is 36.2 Å². The molecule has 0 bridgehead atoms. The molecule has 0 fully saturated rings. The molecule has 1 atom stereocenters. The van der Waals surface area contributed by atoms with Gasteiger partial charge in [-0.15, -0.1) is 0 Å². The molecule has 1 N–H and O–H groups in total. The Morgan fingerprint density at radius 3 is 2.52 bits per heavy atom. The van der Waals surface area contributed by atoms with E-state index in [0.29, 0.717) is 0 Å². The summed E-state index contributed by atoms with van der Waals surface area (Å²) in [5.41, 5.74) is -3.91. The molecule has 1 aliphatic rings. The Bertz CT molecular complexity index is 890. The molecule has 1 amide bonds. The lowest BCUT2D eigenvalue weighted by Crippen LogP contribution is -2.51. The largest absolute Gasteiger partial charge is 0.431 e. The van der Waals surface area contributed by atoms with Crippen LogP contribution >= 0.6 is 0 Å². The normalized spacial score (nSPS) is 21.1. The molecule has 0 spiro atoms. The summed E-state index contributed by atoms with van der Waals surface area (Å²) in [7, 11) is 2.03. The maximum Gasteiger partial charge on any atom is 0.431 e. The predicted octanol–water partition coefficient (Wildman–Crippen LogP) is 1.61. The maximum absolute atomic E-state index is 13.6. The predicted molar refractivity (Wildman–Crippen MR) is 75.3 cm³/mol. The van der Waals surface area contributed by atoms with Crippen molar-refractivity contribution in [3.05, 3.63) is 33.9 Å². The number of aryl methyl sites for hydroxylation is 1. The average molecular weight is 327 g/mol. The minimum Gasteiger partial charge on any atom is -0.356 e. The fourth-order valence-electron chi connectivity index (χ4n) is 2.90. The number of fused-ring (bicyclic) bond motifs is 2. The van der Waals surface area contributed by atoms with Crippen LogP contribution < -0.4 is 10.5 Å². The Morgan fingerprint density at radius 1 is 1.30 bits per heavy atom. The van der Waals surface area contributed by atoms with Gasteiger partial charge in [0, 0.05) is 19.7 Å². The van der Waals surface area contributed by atoms with Gasteiger partial charge >= 0.3 is 6.18 Å². The zero-order chi connectivity index (χ0) is 17.2. The first-order valence-corrected chi connectivity index (χ1v) is 6.58. The van der Waals surface area contributed by atoms with E-state index in [4.69, 9.17) is 0 Å². The number of benzene rings is 1. The number of rotatable bonds is 1. The van der Waals surface area contributed by atoms with Gasteiger partial charge in [-0.25, -0.2) is 4.98 Å². The van der Waals surface area contributed by atoms with Gasteiger partial charge in [-0.1, -0.05) is 0 Å². The van der Waals surface area contributed by atoms with E-state index >= 15 is 0 Å². The smallest absolute Gasteiger partial charge is 0.356 e. The van der Waals surface area contributed by atoms with Crippen LogP contribution in [0.2, 0.25) is 0 Å². The van der Waals surface area contributed by atoms with Crippen LogP contribution in [0.5, 0.6) is 0 Å². The number of aromatic amines is 1. The first-order valence-electron chi connectivity index (χ1n) is 6.58. The molecule has 1 aromatic carbocycles. The van der Waals surface area contributed by atoms with E-state index < -0.39 is 23.2 Å². The highest BCUT2D eigenvalue weighted by atomic mass is 19.4. The Balaban J connectivity index is 2.45. The number of aromatic nitrogens is 2. The van der Waals surface area contributed by atoms with Crippen LogP contribution in [0.3, 0.4) is 0 Å². The average Bonchev–Trinajstić information content (AvgIpc) is 2.65. The van der Waals surface area contributed by atoms with Gasteiger partial charge in [0.2, 0.25) is 0 Å². The third-order valence-corrected chi connectivity index (χ3v) is 3.99. The van der Waals surface area contributed by atoms with E-state index in [9.17, 15) is 22.8 Å². The number of anilines is 1. The summed E-state index contributed by atoms with van der Waals surface area (Å²) in [5.74, 6) is -0.999. The minimum atomic E-state index is -4.96. The molecule has 3 rings (SSSR count). The molecule has 9 heteroatoms. The van der Waals surface area contributed by atoms with Gasteiger partial charge in [-0.05, 0) is 19.1 Å². The number of nitrogens with one attached hydrogen (secondary N) is 1. The molecule has 2 heterocycles. The highest BCUT2D eigenvalue weighted by molar-refractivity contribution is 6.09. The summed E-state index contributed by atoms with van der Waals surface area (Å²) in [6.07, 6.45) is -4.96. The third kappa shape index (κ3) is 1.83. The van der Waals surface area contributed by atoms with Crippen LogP contribution in [0.25, 0.3) is 10.9 Å². The molecule has 1 unspecified atom stereocenters. The third-order valence-electron chi connectivity index (χ3n) is 3.99. The molecular weight excluding hydrogens is 315 g/mol. The molecule has 122 valence electrons. The van der Waals surface area contributed by atoms with Gasteiger partial charge in [0.05, 0.1) is 16.6 Å². The second-order valence-electron chi connectivity index (χ2n) is 5.29. The van der Waals surface area contributed by atoms with Gasteiger partial charge < -0.3 is 14.6 Å². The molecule has 2 aromatic rings. The Labute approximate surface area is 127 Å². The molecule has 1 aromatic heterocycles. The standard InChI is InChI=1S/C14H12F3N3O3/c1-6-18-9-5-8-10(4-7(9)11(21)19-6)20(2)12(22)13(8,23-3)14(15,16)17/h4-5H,1-3H3,(H,18,19,21). The molecule has 0 saturated heterocycles. The van der Waals surface area contributed by atoms with Crippen LogP contribution in [0.1, 0.15) is 11.4 Å². The van der Waals surface area contributed by atoms with Crippen LogP contribution in [0, 0.1) is 6.92 Å². The number of alkyl halides is 3. The molecule has 1 aliphatic heterocycles. The summed E-state index contributed by atoms with van der Waals surface area (Å²) >= 11 is 0. The number of ether oxygens (including phenoxy) is 1. The van der Waals surface area contributed by atoms with Crippen molar-refractivity contribution in [2.75, 3.05) is 19.1 Å². The first kappa shape index (κ1) is 15.5. The number of H-pyrrole nitrogens is 1. The summed E-state index contributed by atoms with van der Waals surface area (Å²) in [6.45, 7) is 1.51. The van der Waals surface area contributed by atoms with Crippen molar-refractivity contribution in [3.8, 4) is 0 Å². The van der Waals surface area contributed by atoms with Crippen molar-refractivity contribution in [2.24, 2.45) is 0 Å². The van der Waals surface area contributed by atoms with Gasteiger partial charge in [-0.3, -0.25) is 9.59 Å². The summed E-state index contributed by atoms with van der Waals surface area (Å²) < 4.78 is 45.5. The number of likely N-dealkylation sites (N-methyl/N-ethyl adjacent to an activating group) is 1. The van der Waals surface area contributed by atoms with E-state index in [0.717, 1.165) is 18.1 Å². The maximum atomic E-state index is 13.6. The number of methoxy groups -OCH3 is 1. The quantitative estimate of drug-likeness (QED) is 0.863. The Hall–Kier alpha value is -2.42. The van der Waals surface area contributed by atoms with Crippen molar-refractivity contribution in [2.45, 2.75) is 18.7 Å². The van der Waals surface area contributed by atoms with Crippen molar-refractivity contribution in [1.29, 1.82) is 0 Å². The van der Waals surface area contributed by atoms with E-state index in [2.05, 4.69) is 14.7 Å². The van der Waals surface area contributed by atoms with Gasteiger partial charge in [0.25, 0.3) is 17.1 Å². The van der Waals surface area contributed by atoms with E-state index in [1.807, 2.05) is 0 Å². The lowest BCUT2D eigenvalue weighted by molar-refractivity contribution is -0.262. The summed E-state index contributed by atoms with van der Waals surface area (Å²) in [6, 6.07) is 2.31. The summed E-state index contributed by atoms with van der Waals surface area (Å²) in [4.78, 5) is 31.6. The Morgan fingerprint density at radius 2 is 1.96 bits per heavy atom. The monoisotopic (exact) mass is 327 g/mol.